The van der Waals surface area contributed by atoms with Gasteiger partial charge in [-0.15, -0.1) is 0 Å². The topological polar surface area (TPSA) is 150 Å². The summed E-state index contributed by atoms with van der Waals surface area (Å²) in [5.41, 5.74) is 5.05. The van der Waals surface area contributed by atoms with Gasteiger partial charge in [-0.2, -0.15) is 0 Å². The summed E-state index contributed by atoms with van der Waals surface area (Å²) in [5, 5.41) is 42.6. The first-order valence-corrected chi connectivity index (χ1v) is 14.3. The molecule has 0 unspecified atom stereocenters. The van der Waals surface area contributed by atoms with Crippen LogP contribution in [0.4, 0.5) is 11.4 Å². The van der Waals surface area contributed by atoms with Crippen LogP contribution in [0.25, 0.3) is 6.08 Å². The summed E-state index contributed by atoms with van der Waals surface area (Å²) in [6.45, 7) is 5.47. The molecule has 0 aromatic heterocycles. The van der Waals surface area contributed by atoms with Crippen LogP contribution in [0.15, 0.2) is 53.1 Å². The lowest BCUT2D eigenvalue weighted by Crippen LogP contribution is -2.46. The highest BCUT2D eigenvalue weighted by Crippen LogP contribution is 2.51. The van der Waals surface area contributed by atoms with E-state index in [0.717, 1.165) is 39.2 Å². The van der Waals surface area contributed by atoms with E-state index in [2.05, 4.69) is 13.0 Å². The number of aliphatic hydroxyl groups is 1. The van der Waals surface area contributed by atoms with Crippen molar-refractivity contribution < 1.29 is 34.4 Å². The van der Waals surface area contributed by atoms with E-state index in [4.69, 9.17) is 4.65 Å². The van der Waals surface area contributed by atoms with E-state index in [1.807, 2.05) is 26.0 Å². The lowest BCUT2D eigenvalue weighted by Gasteiger charge is -2.43. The first-order chi connectivity index (χ1) is 20.0. The Hall–Kier alpha value is -3.80. The Labute approximate surface area is 244 Å². The van der Waals surface area contributed by atoms with E-state index < -0.39 is 47.7 Å². The van der Waals surface area contributed by atoms with Gasteiger partial charge in [0, 0.05) is 12.1 Å². The highest BCUT2D eigenvalue weighted by molar-refractivity contribution is 6.43. The fourth-order valence-corrected chi connectivity index (χ4v) is 6.89. The van der Waals surface area contributed by atoms with Gasteiger partial charge >= 0.3 is 7.12 Å². The number of amides is 2. The van der Waals surface area contributed by atoms with Gasteiger partial charge in [-0.05, 0) is 97.8 Å². The molecule has 11 heteroatoms. The van der Waals surface area contributed by atoms with Gasteiger partial charge in [0.2, 0.25) is 11.8 Å². The highest BCUT2D eigenvalue weighted by Gasteiger charge is 2.57. The Balaban J connectivity index is 1.42. The van der Waals surface area contributed by atoms with Crippen LogP contribution in [0.1, 0.15) is 49.3 Å². The summed E-state index contributed by atoms with van der Waals surface area (Å²) in [6, 6.07) is 9.31. The lowest BCUT2D eigenvalue weighted by atomic mass is 9.58. The summed E-state index contributed by atoms with van der Waals surface area (Å²) in [5.74, 6) is -2.62. The zero-order chi connectivity index (χ0) is 30.3. The van der Waals surface area contributed by atoms with Crippen LogP contribution in [0.2, 0.25) is 6.32 Å². The van der Waals surface area contributed by atoms with Crippen molar-refractivity contribution in [3.05, 3.63) is 79.9 Å². The number of aliphatic hydroxyl groups excluding tert-OH is 1. The monoisotopic (exact) mass is 574 g/mol. The fourth-order valence-electron chi connectivity index (χ4n) is 6.89. The summed E-state index contributed by atoms with van der Waals surface area (Å²) in [4.78, 5) is 39.1. The van der Waals surface area contributed by atoms with Crippen molar-refractivity contribution in [2.75, 3.05) is 11.5 Å². The molecular weight excluding hydrogens is 539 g/mol. The first-order valence-electron chi connectivity index (χ1n) is 14.3. The number of aromatic hydroxyl groups is 1. The maximum Gasteiger partial charge on any atom is 0.455 e. The second kappa shape index (κ2) is 11.8. The maximum absolute atomic E-state index is 13.8. The second-order valence-electron chi connectivity index (χ2n) is 11.5. The average Bonchev–Trinajstić information content (AvgIpc) is 3.22. The zero-order valence-electron chi connectivity index (χ0n) is 23.9. The largest absolute Gasteiger partial charge is 0.507 e. The molecule has 220 valence electrons. The second-order valence-corrected chi connectivity index (χ2v) is 11.5. The number of nitrogens with zero attached hydrogens (tertiary/aromatic N) is 2. The van der Waals surface area contributed by atoms with Crippen molar-refractivity contribution in [2.24, 2.45) is 17.8 Å². The van der Waals surface area contributed by atoms with Gasteiger partial charge in [-0.25, -0.2) is 4.90 Å². The van der Waals surface area contributed by atoms with Gasteiger partial charge in [0.05, 0.1) is 35.2 Å². The Morgan fingerprint density at radius 2 is 1.88 bits per heavy atom. The van der Waals surface area contributed by atoms with E-state index in [-0.39, 0.29) is 36.5 Å². The third kappa shape index (κ3) is 5.39. The average molecular weight is 574 g/mol. The number of aryl methyl sites for hydroxylation is 2. The number of allylic oxidation sites excluding steroid dienone is 1. The quantitative estimate of drug-likeness (QED) is 0.137. The number of fused-ring (bicyclic) bond motifs is 3. The molecule has 2 aromatic rings. The Morgan fingerprint density at radius 3 is 2.52 bits per heavy atom. The molecule has 0 bridgehead atoms. The maximum atomic E-state index is 13.8. The van der Waals surface area contributed by atoms with E-state index in [9.17, 15) is 34.9 Å². The van der Waals surface area contributed by atoms with Crippen LogP contribution >= 0.6 is 0 Å². The summed E-state index contributed by atoms with van der Waals surface area (Å²) >= 11 is 0. The number of hydrogen-bond donors (Lipinski definition) is 3. The third-order valence-electron chi connectivity index (χ3n) is 8.86. The van der Waals surface area contributed by atoms with E-state index in [1.165, 1.54) is 24.3 Å². The molecule has 42 heavy (non-hydrogen) atoms. The number of hydrogen-bond acceptors (Lipinski definition) is 8. The Bertz CT molecular complexity index is 1480. The van der Waals surface area contributed by atoms with Gasteiger partial charge in [0.15, 0.2) is 0 Å². The van der Waals surface area contributed by atoms with Crippen molar-refractivity contribution >= 4 is 36.4 Å². The molecule has 4 atom stereocenters. The number of benzene rings is 2. The molecule has 2 saturated heterocycles. The van der Waals surface area contributed by atoms with Gasteiger partial charge in [0.1, 0.15) is 5.75 Å². The van der Waals surface area contributed by atoms with Crippen LogP contribution in [-0.4, -0.2) is 51.8 Å². The summed E-state index contributed by atoms with van der Waals surface area (Å²) < 4.78 is 5.99. The summed E-state index contributed by atoms with van der Waals surface area (Å²) in [6.07, 6.45) is 3.76. The Kier molecular flexibility index (Phi) is 8.36. The van der Waals surface area contributed by atoms with Crippen molar-refractivity contribution in [3.8, 4) is 5.75 Å². The van der Waals surface area contributed by atoms with Crippen LogP contribution in [0.3, 0.4) is 0 Å². The van der Waals surface area contributed by atoms with Crippen molar-refractivity contribution in [1.82, 2.24) is 0 Å². The lowest BCUT2D eigenvalue weighted by molar-refractivity contribution is -0.384. The number of nitro groups is 1. The number of non-ortho nitro benzene ring substituents is 1. The van der Waals surface area contributed by atoms with Gasteiger partial charge in [-0.1, -0.05) is 24.6 Å². The normalized spacial score (nSPS) is 24.3. The number of phenols is 1. The molecule has 5 rings (SSSR count). The van der Waals surface area contributed by atoms with Gasteiger partial charge in [0.25, 0.3) is 5.69 Å². The minimum absolute atomic E-state index is 0.112. The molecule has 2 fully saturated rings. The molecule has 2 aliphatic heterocycles. The molecule has 2 amide bonds. The summed E-state index contributed by atoms with van der Waals surface area (Å²) in [7, 11) is -1.14. The number of anilines is 1. The van der Waals surface area contributed by atoms with Crippen molar-refractivity contribution in [3.63, 3.8) is 0 Å². The number of imide groups is 1. The van der Waals surface area contributed by atoms with Crippen LogP contribution < -0.4 is 4.90 Å². The SMILES string of the molecule is CC/C(=C\c1cc(C)c(O)c(C)c1)CC[C@H]1OB(O)C[C@H]2C1=C(CO)C[C@H]1C(=O)N(c3cccc([N+](=O)[O-])c3)C(=O)[C@H]12. The predicted octanol–water partition coefficient (Wildman–Crippen LogP) is 4.48. The number of rotatable bonds is 8. The number of carbonyl (C=O) groups excluding carboxylic acids is 2. The molecule has 10 nitrogen and oxygen atoms in total. The molecule has 2 heterocycles. The standard InChI is InChI=1S/C31H35BN2O8/c1-4-19(12-20-10-17(2)29(36)18(3)11-20)8-9-26-27-21(16-35)13-24-28(25(27)15-32(39)42-26)31(38)33(30(24)37)22-6-5-7-23(14-22)34(40)41/h5-7,10-12,14,24-26,28,35-36,39H,4,8-9,13,15-16H2,1-3H3/b19-12+/t24-,25+,26-,28-/m1/s1. The van der Waals surface area contributed by atoms with E-state index >= 15 is 0 Å². The number of phenolic OH excluding ortho intramolecular Hbond substituents is 1. The third-order valence-corrected chi connectivity index (χ3v) is 8.86. The molecule has 0 saturated carbocycles. The zero-order valence-corrected chi connectivity index (χ0v) is 23.9. The van der Waals surface area contributed by atoms with Crippen LogP contribution in [0, 0.1) is 41.7 Å². The van der Waals surface area contributed by atoms with E-state index in [0.29, 0.717) is 18.4 Å². The predicted molar refractivity (Wildman–Crippen MR) is 158 cm³/mol. The molecular formula is C31H35BN2O8. The molecule has 3 N–H and O–H groups in total. The molecule has 2 aromatic carbocycles. The van der Waals surface area contributed by atoms with Crippen molar-refractivity contribution in [1.29, 1.82) is 0 Å². The van der Waals surface area contributed by atoms with Gasteiger partial charge in [-0.3, -0.25) is 19.7 Å². The minimum atomic E-state index is -1.14. The fraction of sp³-hybridized carbons (Fsp3) is 0.419. The molecule has 0 spiro atoms. The van der Waals surface area contributed by atoms with Gasteiger partial charge < -0.3 is 19.9 Å². The first kappa shape index (κ1) is 29.7. The Morgan fingerprint density at radius 1 is 1.17 bits per heavy atom. The minimum Gasteiger partial charge on any atom is -0.507 e. The number of nitro benzene ring substituents is 1. The van der Waals surface area contributed by atoms with Crippen LogP contribution in [-0.2, 0) is 14.2 Å². The number of carbonyl (C=O) groups is 2. The highest BCUT2D eigenvalue weighted by atomic mass is 16.6. The van der Waals surface area contributed by atoms with Crippen LogP contribution in [0.5, 0.6) is 5.75 Å². The smallest absolute Gasteiger partial charge is 0.455 e. The molecule has 3 aliphatic rings. The molecule has 0 radical (unpaired) electrons. The van der Waals surface area contributed by atoms with E-state index in [1.54, 1.807) is 0 Å². The van der Waals surface area contributed by atoms with Crippen molar-refractivity contribution in [2.45, 2.75) is 58.9 Å². The molecule has 1 aliphatic carbocycles.